The van der Waals surface area contributed by atoms with Gasteiger partial charge < -0.3 is 5.73 Å². The van der Waals surface area contributed by atoms with Gasteiger partial charge >= 0.3 is 0 Å². The van der Waals surface area contributed by atoms with Crippen LogP contribution in [0.4, 0.5) is 0 Å². The van der Waals surface area contributed by atoms with Crippen LogP contribution < -0.4 is 5.73 Å². The highest BCUT2D eigenvalue weighted by Gasteiger charge is 2.38. The third-order valence-corrected chi connectivity index (χ3v) is 6.17. The third-order valence-electron chi connectivity index (χ3n) is 4.24. The molecule has 0 radical (unpaired) electrons. The number of nitrogens with two attached hydrogens (primary N) is 1. The summed E-state index contributed by atoms with van der Waals surface area (Å²) in [4.78, 5) is 1.41. The molecule has 1 fully saturated rings. The zero-order valence-electron chi connectivity index (χ0n) is 10.0. The van der Waals surface area contributed by atoms with E-state index in [1.807, 2.05) is 11.3 Å². The molecule has 1 aromatic heterocycles. The number of hydrogen-bond donors (Lipinski definition) is 1. The Labute approximate surface area is 111 Å². The molecule has 3 unspecified atom stereocenters. The summed E-state index contributed by atoms with van der Waals surface area (Å²) in [5.41, 5.74) is 6.64. The highest BCUT2D eigenvalue weighted by molar-refractivity contribution is 9.10. The maximum atomic E-state index is 6.64. The molecular formula is C13H20BrNS. The topological polar surface area (TPSA) is 26.0 Å². The van der Waals surface area contributed by atoms with Gasteiger partial charge in [-0.25, -0.2) is 0 Å². The van der Waals surface area contributed by atoms with Crippen LogP contribution in [-0.2, 0) is 6.42 Å². The van der Waals surface area contributed by atoms with Crippen LogP contribution in [0.1, 0.15) is 38.0 Å². The predicted molar refractivity (Wildman–Crippen MR) is 74.8 cm³/mol. The van der Waals surface area contributed by atoms with E-state index in [4.69, 9.17) is 5.73 Å². The molecule has 90 valence electrons. The van der Waals surface area contributed by atoms with Crippen LogP contribution in [-0.4, -0.2) is 5.54 Å². The molecular weight excluding hydrogens is 282 g/mol. The van der Waals surface area contributed by atoms with Crippen molar-refractivity contribution in [3.63, 3.8) is 0 Å². The van der Waals surface area contributed by atoms with Gasteiger partial charge in [0.05, 0.1) is 0 Å². The van der Waals surface area contributed by atoms with Gasteiger partial charge in [-0.15, -0.1) is 11.3 Å². The lowest BCUT2D eigenvalue weighted by atomic mass is 9.67. The van der Waals surface area contributed by atoms with Crippen LogP contribution in [0.3, 0.4) is 0 Å². The van der Waals surface area contributed by atoms with Crippen molar-refractivity contribution in [2.24, 2.45) is 17.6 Å². The van der Waals surface area contributed by atoms with Crippen LogP contribution in [0.25, 0.3) is 0 Å². The summed E-state index contributed by atoms with van der Waals surface area (Å²) < 4.78 is 1.23. The van der Waals surface area contributed by atoms with E-state index in [1.165, 1.54) is 28.6 Å². The second-order valence-corrected chi connectivity index (χ2v) is 7.11. The molecule has 1 saturated carbocycles. The highest BCUT2D eigenvalue weighted by Crippen LogP contribution is 2.39. The Morgan fingerprint density at radius 2 is 2.31 bits per heavy atom. The first kappa shape index (κ1) is 12.6. The van der Waals surface area contributed by atoms with Crippen molar-refractivity contribution in [1.29, 1.82) is 0 Å². The fourth-order valence-corrected chi connectivity index (χ4v) is 4.43. The quantitative estimate of drug-likeness (QED) is 0.870. The number of rotatable bonds is 2. The fraction of sp³-hybridized carbons (Fsp3) is 0.692. The summed E-state index contributed by atoms with van der Waals surface area (Å²) in [7, 11) is 0. The maximum Gasteiger partial charge on any atom is 0.0315 e. The molecule has 1 aliphatic rings. The Balaban J connectivity index is 2.15. The van der Waals surface area contributed by atoms with E-state index in [-0.39, 0.29) is 5.54 Å². The molecule has 0 aromatic carbocycles. The molecule has 0 bridgehead atoms. The van der Waals surface area contributed by atoms with Crippen LogP contribution in [0.15, 0.2) is 15.9 Å². The molecule has 3 heteroatoms. The molecule has 1 aliphatic carbocycles. The normalized spacial score (nSPS) is 35.2. The SMILES string of the molecule is CC1CCCC(N)(Cc2sccc2Br)C1C. The Morgan fingerprint density at radius 3 is 2.94 bits per heavy atom. The van der Waals surface area contributed by atoms with Crippen molar-refractivity contribution < 1.29 is 0 Å². The van der Waals surface area contributed by atoms with Crippen molar-refractivity contribution in [2.75, 3.05) is 0 Å². The first-order valence-electron chi connectivity index (χ1n) is 6.04. The molecule has 1 heterocycles. The monoisotopic (exact) mass is 301 g/mol. The lowest BCUT2D eigenvalue weighted by Crippen LogP contribution is -2.52. The standard InChI is InChI=1S/C13H20BrNS/c1-9-4-3-6-13(15,10(9)2)8-12-11(14)5-7-16-12/h5,7,9-10H,3-4,6,8,15H2,1-2H3. The Bertz CT molecular complexity index is 363. The third kappa shape index (κ3) is 2.36. The van der Waals surface area contributed by atoms with Gasteiger partial charge in [0.15, 0.2) is 0 Å². The maximum absolute atomic E-state index is 6.64. The highest BCUT2D eigenvalue weighted by atomic mass is 79.9. The van der Waals surface area contributed by atoms with Crippen molar-refractivity contribution in [3.05, 3.63) is 20.8 Å². The average molecular weight is 302 g/mol. The minimum atomic E-state index is 0.00500. The minimum absolute atomic E-state index is 0.00500. The molecule has 1 aromatic rings. The van der Waals surface area contributed by atoms with E-state index in [2.05, 4.69) is 41.2 Å². The van der Waals surface area contributed by atoms with E-state index < -0.39 is 0 Å². The van der Waals surface area contributed by atoms with E-state index in [0.717, 1.165) is 12.3 Å². The second-order valence-electron chi connectivity index (χ2n) is 5.26. The second kappa shape index (κ2) is 4.79. The van der Waals surface area contributed by atoms with Crippen molar-refractivity contribution in [2.45, 2.75) is 45.1 Å². The average Bonchev–Trinajstić information content (AvgIpc) is 2.61. The molecule has 1 nitrogen and oxygen atoms in total. The minimum Gasteiger partial charge on any atom is -0.325 e. The summed E-state index contributed by atoms with van der Waals surface area (Å²) in [6, 6.07) is 2.13. The van der Waals surface area contributed by atoms with Gasteiger partial charge in [0.2, 0.25) is 0 Å². The number of hydrogen-bond acceptors (Lipinski definition) is 2. The van der Waals surface area contributed by atoms with Crippen LogP contribution in [0, 0.1) is 11.8 Å². The van der Waals surface area contributed by atoms with Gasteiger partial charge in [-0.2, -0.15) is 0 Å². The van der Waals surface area contributed by atoms with E-state index in [1.54, 1.807) is 0 Å². The molecule has 0 amide bonds. The molecule has 0 spiro atoms. The lowest BCUT2D eigenvalue weighted by Gasteiger charge is -2.43. The van der Waals surface area contributed by atoms with Crippen molar-refractivity contribution in [3.8, 4) is 0 Å². The van der Waals surface area contributed by atoms with E-state index in [0.29, 0.717) is 5.92 Å². The van der Waals surface area contributed by atoms with Crippen molar-refractivity contribution >= 4 is 27.3 Å². The smallest absolute Gasteiger partial charge is 0.0315 e. The molecule has 2 N–H and O–H groups in total. The molecule has 2 rings (SSSR count). The van der Waals surface area contributed by atoms with Crippen LogP contribution >= 0.6 is 27.3 Å². The lowest BCUT2D eigenvalue weighted by molar-refractivity contribution is 0.144. The van der Waals surface area contributed by atoms with Crippen LogP contribution in [0.5, 0.6) is 0 Å². The Kier molecular flexibility index (Phi) is 3.77. The van der Waals surface area contributed by atoms with Gasteiger partial charge in [-0.05, 0) is 45.6 Å². The molecule has 0 aliphatic heterocycles. The summed E-state index contributed by atoms with van der Waals surface area (Å²) in [5.74, 6) is 1.38. The Morgan fingerprint density at radius 1 is 1.56 bits per heavy atom. The number of halogens is 1. The van der Waals surface area contributed by atoms with Gasteiger partial charge in [0.25, 0.3) is 0 Å². The summed E-state index contributed by atoms with van der Waals surface area (Å²) in [6.45, 7) is 4.67. The first-order valence-corrected chi connectivity index (χ1v) is 7.71. The summed E-state index contributed by atoms with van der Waals surface area (Å²) in [5, 5.41) is 2.14. The summed E-state index contributed by atoms with van der Waals surface area (Å²) >= 11 is 5.43. The zero-order chi connectivity index (χ0) is 11.8. The van der Waals surface area contributed by atoms with Gasteiger partial charge in [0, 0.05) is 21.3 Å². The van der Waals surface area contributed by atoms with Gasteiger partial charge in [0.1, 0.15) is 0 Å². The van der Waals surface area contributed by atoms with E-state index >= 15 is 0 Å². The molecule has 3 atom stereocenters. The summed E-state index contributed by atoms with van der Waals surface area (Å²) in [6.07, 6.45) is 4.82. The largest absolute Gasteiger partial charge is 0.325 e. The first-order chi connectivity index (χ1) is 7.53. The molecule has 0 saturated heterocycles. The predicted octanol–water partition coefficient (Wildman–Crippen LogP) is 4.21. The van der Waals surface area contributed by atoms with Crippen molar-refractivity contribution in [1.82, 2.24) is 0 Å². The zero-order valence-corrected chi connectivity index (χ0v) is 12.4. The van der Waals surface area contributed by atoms with Crippen LogP contribution in [0.2, 0.25) is 0 Å². The number of thiophene rings is 1. The van der Waals surface area contributed by atoms with Gasteiger partial charge in [-0.3, -0.25) is 0 Å². The molecule has 16 heavy (non-hydrogen) atoms. The van der Waals surface area contributed by atoms with E-state index in [9.17, 15) is 0 Å². The van der Waals surface area contributed by atoms with Gasteiger partial charge in [-0.1, -0.05) is 26.7 Å². The Hall–Kier alpha value is 0.140. The fourth-order valence-electron chi connectivity index (χ4n) is 2.80.